The van der Waals surface area contributed by atoms with Gasteiger partial charge in [-0.25, -0.2) is 0 Å². The summed E-state index contributed by atoms with van der Waals surface area (Å²) in [4.78, 5) is 11.5. The summed E-state index contributed by atoms with van der Waals surface area (Å²) >= 11 is 0. The maximum atomic E-state index is 11.5. The summed E-state index contributed by atoms with van der Waals surface area (Å²) < 4.78 is 0. The summed E-state index contributed by atoms with van der Waals surface area (Å²) in [6.45, 7) is 4.74. The third kappa shape index (κ3) is 4.20. The predicted molar refractivity (Wildman–Crippen MR) is 62.4 cm³/mol. The summed E-state index contributed by atoms with van der Waals surface area (Å²) in [6, 6.07) is -0.353. The minimum atomic E-state index is -0.353. The van der Waals surface area contributed by atoms with Crippen molar-refractivity contribution in [1.29, 1.82) is 0 Å². The predicted octanol–water partition coefficient (Wildman–Crippen LogP) is 1.67. The van der Waals surface area contributed by atoms with Crippen molar-refractivity contribution < 1.29 is 4.79 Å². The molecule has 1 aliphatic carbocycles. The Morgan fingerprint density at radius 1 is 1.40 bits per heavy atom. The van der Waals surface area contributed by atoms with E-state index in [0.717, 1.165) is 18.9 Å². The van der Waals surface area contributed by atoms with Crippen molar-refractivity contribution in [3.05, 3.63) is 0 Å². The highest BCUT2D eigenvalue weighted by molar-refractivity contribution is 5.81. The molecular formula is C12H24N2O. The van der Waals surface area contributed by atoms with Crippen LogP contribution in [0.4, 0.5) is 0 Å². The molecule has 1 amide bonds. The average Bonchev–Trinajstić information content (AvgIpc) is 2.69. The van der Waals surface area contributed by atoms with Gasteiger partial charge >= 0.3 is 0 Å². The molecule has 0 aromatic carbocycles. The van der Waals surface area contributed by atoms with E-state index < -0.39 is 0 Å². The first kappa shape index (κ1) is 12.5. The number of hydrogen-bond acceptors (Lipinski definition) is 2. The van der Waals surface area contributed by atoms with E-state index >= 15 is 0 Å². The SMILES string of the molecule is CC(C)[C@H](N)C(=O)NCCC1CCCC1. The number of carbonyl (C=O) groups excluding carboxylic acids is 1. The topological polar surface area (TPSA) is 55.1 Å². The van der Waals surface area contributed by atoms with Crippen molar-refractivity contribution >= 4 is 5.91 Å². The monoisotopic (exact) mass is 212 g/mol. The molecule has 0 unspecified atom stereocenters. The van der Waals surface area contributed by atoms with Gasteiger partial charge < -0.3 is 11.1 Å². The van der Waals surface area contributed by atoms with Crippen LogP contribution in [0.3, 0.4) is 0 Å². The van der Waals surface area contributed by atoms with Crippen molar-refractivity contribution in [1.82, 2.24) is 5.32 Å². The lowest BCUT2D eigenvalue weighted by Crippen LogP contribution is -2.44. The van der Waals surface area contributed by atoms with Crippen molar-refractivity contribution in [3.8, 4) is 0 Å². The van der Waals surface area contributed by atoms with Crippen molar-refractivity contribution in [2.75, 3.05) is 6.54 Å². The van der Waals surface area contributed by atoms with Crippen molar-refractivity contribution in [3.63, 3.8) is 0 Å². The molecule has 3 heteroatoms. The highest BCUT2D eigenvalue weighted by Crippen LogP contribution is 2.26. The molecular weight excluding hydrogens is 188 g/mol. The molecule has 0 bridgehead atoms. The summed E-state index contributed by atoms with van der Waals surface area (Å²) in [7, 11) is 0. The molecule has 1 aliphatic rings. The lowest BCUT2D eigenvalue weighted by atomic mass is 10.0. The van der Waals surface area contributed by atoms with Gasteiger partial charge in [0.15, 0.2) is 0 Å². The molecule has 0 saturated heterocycles. The Morgan fingerprint density at radius 2 is 2.00 bits per heavy atom. The van der Waals surface area contributed by atoms with Crippen LogP contribution < -0.4 is 11.1 Å². The zero-order valence-corrected chi connectivity index (χ0v) is 9.96. The number of rotatable bonds is 5. The van der Waals surface area contributed by atoms with Crippen molar-refractivity contribution in [2.45, 2.75) is 52.0 Å². The molecule has 88 valence electrons. The third-order valence-corrected chi connectivity index (χ3v) is 3.35. The van der Waals surface area contributed by atoms with Crippen LogP contribution in [0.5, 0.6) is 0 Å². The molecule has 1 saturated carbocycles. The maximum Gasteiger partial charge on any atom is 0.237 e. The molecule has 0 radical (unpaired) electrons. The largest absolute Gasteiger partial charge is 0.355 e. The summed E-state index contributed by atoms with van der Waals surface area (Å²) in [5, 5.41) is 2.93. The van der Waals surface area contributed by atoms with E-state index in [1.807, 2.05) is 13.8 Å². The fourth-order valence-electron chi connectivity index (χ4n) is 2.12. The first-order valence-corrected chi connectivity index (χ1v) is 6.14. The van der Waals surface area contributed by atoms with Crippen LogP contribution in [-0.2, 0) is 4.79 Å². The molecule has 3 nitrogen and oxygen atoms in total. The number of carbonyl (C=O) groups is 1. The molecule has 15 heavy (non-hydrogen) atoms. The van der Waals surface area contributed by atoms with Crippen LogP contribution in [0.15, 0.2) is 0 Å². The van der Waals surface area contributed by atoms with E-state index in [1.54, 1.807) is 0 Å². The first-order valence-electron chi connectivity index (χ1n) is 6.14. The van der Waals surface area contributed by atoms with Gasteiger partial charge in [0, 0.05) is 6.54 Å². The summed E-state index contributed by atoms with van der Waals surface area (Å²) in [6.07, 6.45) is 6.53. The van der Waals surface area contributed by atoms with Crippen LogP contribution in [0.25, 0.3) is 0 Å². The van der Waals surface area contributed by atoms with E-state index in [4.69, 9.17) is 5.73 Å². The Balaban J connectivity index is 2.11. The maximum absolute atomic E-state index is 11.5. The third-order valence-electron chi connectivity index (χ3n) is 3.35. The van der Waals surface area contributed by atoms with Crippen LogP contribution in [-0.4, -0.2) is 18.5 Å². The molecule has 3 N–H and O–H groups in total. The fourth-order valence-corrected chi connectivity index (χ4v) is 2.12. The Kier molecular flexibility index (Phi) is 5.09. The van der Waals surface area contributed by atoms with E-state index in [-0.39, 0.29) is 17.9 Å². The second kappa shape index (κ2) is 6.11. The van der Waals surface area contributed by atoms with Gasteiger partial charge in [0.2, 0.25) is 5.91 Å². The van der Waals surface area contributed by atoms with E-state index in [1.165, 1.54) is 25.7 Å². The Labute approximate surface area is 92.8 Å². The Bertz CT molecular complexity index is 198. The molecule has 0 aliphatic heterocycles. The highest BCUT2D eigenvalue weighted by atomic mass is 16.2. The normalized spacial score (nSPS) is 19.5. The zero-order valence-electron chi connectivity index (χ0n) is 9.96. The van der Waals surface area contributed by atoms with Gasteiger partial charge in [-0.2, -0.15) is 0 Å². The smallest absolute Gasteiger partial charge is 0.237 e. The van der Waals surface area contributed by atoms with E-state index in [2.05, 4.69) is 5.32 Å². The second-order valence-electron chi connectivity index (χ2n) is 5.00. The van der Waals surface area contributed by atoms with E-state index in [9.17, 15) is 4.79 Å². The Morgan fingerprint density at radius 3 is 2.53 bits per heavy atom. The number of nitrogens with one attached hydrogen (secondary N) is 1. The van der Waals surface area contributed by atoms with E-state index in [0.29, 0.717) is 0 Å². The van der Waals surface area contributed by atoms with Crippen molar-refractivity contribution in [2.24, 2.45) is 17.6 Å². The van der Waals surface area contributed by atoms with Crippen LogP contribution in [0.1, 0.15) is 46.0 Å². The summed E-state index contributed by atoms with van der Waals surface area (Å²) in [5.74, 6) is 1.06. The lowest BCUT2D eigenvalue weighted by molar-refractivity contribution is -0.123. The Hall–Kier alpha value is -0.570. The number of nitrogens with two attached hydrogens (primary N) is 1. The molecule has 0 aromatic rings. The minimum absolute atomic E-state index is 0.00277. The quantitative estimate of drug-likeness (QED) is 0.728. The van der Waals surface area contributed by atoms with Gasteiger partial charge in [0.1, 0.15) is 0 Å². The molecule has 0 spiro atoms. The molecule has 1 atom stereocenters. The van der Waals surface area contributed by atoms with Gasteiger partial charge in [-0.15, -0.1) is 0 Å². The molecule has 0 heterocycles. The van der Waals surface area contributed by atoms with Gasteiger partial charge in [0.25, 0.3) is 0 Å². The zero-order chi connectivity index (χ0) is 11.3. The number of hydrogen-bond donors (Lipinski definition) is 2. The highest BCUT2D eigenvalue weighted by Gasteiger charge is 2.18. The summed E-state index contributed by atoms with van der Waals surface area (Å²) in [5.41, 5.74) is 5.74. The van der Waals surface area contributed by atoms with Gasteiger partial charge in [-0.05, 0) is 18.3 Å². The first-order chi connectivity index (χ1) is 7.11. The average molecular weight is 212 g/mol. The second-order valence-corrected chi connectivity index (χ2v) is 5.00. The molecule has 0 aromatic heterocycles. The fraction of sp³-hybridized carbons (Fsp3) is 0.917. The lowest BCUT2D eigenvalue weighted by Gasteiger charge is -2.16. The molecule has 1 rings (SSSR count). The minimum Gasteiger partial charge on any atom is -0.355 e. The van der Waals surface area contributed by atoms with Gasteiger partial charge in [-0.3, -0.25) is 4.79 Å². The van der Waals surface area contributed by atoms with Crippen LogP contribution in [0, 0.1) is 11.8 Å². The van der Waals surface area contributed by atoms with Crippen LogP contribution in [0.2, 0.25) is 0 Å². The molecule has 1 fully saturated rings. The van der Waals surface area contributed by atoms with Crippen LogP contribution >= 0.6 is 0 Å². The number of amides is 1. The van der Waals surface area contributed by atoms with Gasteiger partial charge in [0.05, 0.1) is 6.04 Å². The van der Waals surface area contributed by atoms with Gasteiger partial charge in [-0.1, -0.05) is 39.5 Å². The standard InChI is InChI=1S/C12H24N2O/c1-9(2)11(13)12(15)14-8-7-10-5-3-4-6-10/h9-11H,3-8,13H2,1-2H3,(H,14,15)/t11-/m0/s1.